The van der Waals surface area contributed by atoms with Gasteiger partial charge in [-0.05, 0) is 23.7 Å². The van der Waals surface area contributed by atoms with Crippen molar-refractivity contribution in [1.82, 2.24) is 4.90 Å². The van der Waals surface area contributed by atoms with Gasteiger partial charge in [-0.25, -0.2) is 0 Å². The van der Waals surface area contributed by atoms with Crippen LogP contribution in [0.1, 0.15) is 60.3 Å². The number of amides is 1. The van der Waals surface area contributed by atoms with Crippen molar-refractivity contribution in [3.8, 4) is 0 Å². The first kappa shape index (κ1) is 15.5. The fraction of sp³-hybridized carbons (Fsp3) is 0.933. The van der Waals surface area contributed by atoms with Gasteiger partial charge in [0.25, 0.3) is 0 Å². The number of nitrogens with two attached hydrogens (primary N) is 1. The van der Waals surface area contributed by atoms with Gasteiger partial charge in [-0.3, -0.25) is 4.79 Å². The molecule has 106 valence electrons. The van der Waals surface area contributed by atoms with E-state index in [-0.39, 0.29) is 17.4 Å². The molecule has 1 amide bonds. The lowest BCUT2D eigenvalue weighted by Gasteiger charge is -2.39. The summed E-state index contributed by atoms with van der Waals surface area (Å²) in [7, 11) is 0. The highest BCUT2D eigenvalue weighted by molar-refractivity contribution is 5.77. The molecule has 0 spiro atoms. The largest absolute Gasteiger partial charge is 0.343 e. The molecule has 1 aliphatic heterocycles. The summed E-state index contributed by atoms with van der Waals surface area (Å²) in [5.74, 6) is 0.232. The molecule has 18 heavy (non-hydrogen) atoms. The number of rotatable bonds is 3. The van der Waals surface area contributed by atoms with Gasteiger partial charge in [0.05, 0.1) is 0 Å². The zero-order valence-electron chi connectivity index (χ0n) is 12.8. The highest BCUT2D eigenvalue weighted by Gasteiger charge is 2.32. The highest BCUT2D eigenvalue weighted by atomic mass is 16.2. The van der Waals surface area contributed by atoms with Crippen molar-refractivity contribution in [2.75, 3.05) is 13.1 Å². The van der Waals surface area contributed by atoms with Crippen LogP contribution < -0.4 is 5.73 Å². The van der Waals surface area contributed by atoms with Crippen LogP contribution in [0.2, 0.25) is 0 Å². The van der Waals surface area contributed by atoms with Crippen molar-refractivity contribution in [2.45, 2.75) is 66.3 Å². The van der Waals surface area contributed by atoms with Crippen molar-refractivity contribution in [1.29, 1.82) is 0 Å². The summed E-state index contributed by atoms with van der Waals surface area (Å²) in [5.41, 5.74) is 6.53. The molecule has 0 radical (unpaired) electrons. The summed E-state index contributed by atoms with van der Waals surface area (Å²) in [6.45, 7) is 12.7. The number of nitrogens with zero attached hydrogens (tertiary/aromatic N) is 1. The Morgan fingerprint density at radius 2 is 1.83 bits per heavy atom. The molecule has 0 bridgehead atoms. The number of likely N-dealkylation sites (tertiary alicyclic amines) is 1. The Kier molecular flexibility index (Phi) is 4.82. The van der Waals surface area contributed by atoms with Crippen molar-refractivity contribution in [3.05, 3.63) is 0 Å². The standard InChI is InChI=1S/C15H30N2O/c1-6-15(5)7-9-17(10-8-15)13(18)11-12(16)14(2,3)4/h12H,6-11,16H2,1-5H3. The molecular formula is C15H30N2O. The molecule has 3 heteroatoms. The molecule has 0 aromatic rings. The van der Waals surface area contributed by atoms with E-state index >= 15 is 0 Å². The zero-order valence-corrected chi connectivity index (χ0v) is 12.8. The monoisotopic (exact) mass is 254 g/mol. The molecule has 1 fully saturated rings. The summed E-state index contributed by atoms with van der Waals surface area (Å²) in [6, 6.07) is -0.0514. The van der Waals surface area contributed by atoms with E-state index in [9.17, 15) is 4.79 Å². The molecule has 0 aliphatic carbocycles. The molecular weight excluding hydrogens is 224 g/mol. The van der Waals surface area contributed by atoms with E-state index in [1.54, 1.807) is 0 Å². The lowest BCUT2D eigenvalue weighted by Crippen LogP contribution is -2.46. The van der Waals surface area contributed by atoms with E-state index in [0.717, 1.165) is 25.9 Å². The molecule has 1 saturated heterocycles. The van der Waals surface area contributed by atoms with E-state index in [1.165, 1.54) is 6.42 Å². The van der Waals surface area contributed by atoms with E-state index in [0.29, 0.717) is 11.8 Å². The first-order chi connectivity index (χ1) is 8.18. The molecule has 3 nitrogen and oxygen atoms in total. The predicted molar refractivity (Wildman–Crippen MR) is 76.3 cm³/mol. The van der Waals surface area contributed by atoms with Crippen molar-refractivity contribution in [3.63, 3.8) is 0 Å². The SMILES string of the molecule is CCC1(C)CCN(C(=O)CC(N)C(C)(C)C)CC1. The average molecular weight is 254 g/mol. The lowest BCUT2D eigenvalue weighted by molar-refractivity contribution is -0.134. The lowest BCUT2D eigenvalue weighted by atomic mass is 9.78. The van der Waals surface area contributed by atoms with E-state index < -0.39 is 0 Å². The van der Waals surface area contributed by atoms with Gasteiger partial charge in [0, 0.05) is 25.6 Å². The normalized spacial score (nSPS) is 21.8. The zero-order chi connectivity index (χ0) is 14.0. The molecule has 1 aliphatic rings. The molecule has 2 N–H and O–H groups in total. The van der Waals surface area contributed by atoms with E-state index in [1.807, 2.05) is 4.90 Å². The van der Waals surface area contributed by atoms with Crippen LogP contribution in [0, 0.1) is 10.8 Å². The summed E-state index contributed by atoms with van der Waals surface area (Å²) in [4.78, 5) is 14.2. The Bertz CT molecular complexity index is 285. The Hall–Kier alpha value is -0.570. The summed E-state index contributed by atoms with van der Waals surface area (Å²) < 4.78 is 0. The van der Waals surface area contributed by atoms with Crippen LogP contribution in [-0.2, 0) is 4.79 Å². The molecule has 0 aromatic carbocycles. The third-order valence-electron chi connectivity index (χ3n) is 4.68. The topological polar surface area (TPSA) is 46.3 Å². The van der Waals surface area contributed by atoms with Crippen LogP contribution >= 0.6 is 0 Å². The van der Waals surface area contributed by atoms with E-state index in [2.05, 4.69) is 34.6 Å². The number of hydrogen-bond acceptors (Lipinski definition) is 2. The van der Waals surface area contributed by atoms with Gasteiger partial charge in [0.2, 0.25) is 5.91 Å². The summed E-state index contributed by atoms with van der Waals surface area (Å²) in [6.07, 6.45) is 3.93. The Morgan fingerprint density at radius 3 is 2.22 bits per heavy atom. The van der Waals surface area contributed by atoms with Gasteiger partial charge in [0.1, 0.15) is 0 Å². The van der Waals surface area contributed by atoms with Crippen LogP contribution in [-0.4, -0.2) is 29.9 Å². The third-order valence-corrected chi connectivity index (χ3v) is 4.68. The van der Waals surface area contributed by atoms with Crippen LogP contribution in [0.4, 0.5) is 0 Å². The molecule has 1 heterocycles. The highest BCUT2D eigenvalue weighted by Crippen LogP contribution is 2.34. The number of carbonyl (C=O) groups is 1. The van der Waals surface area contributed by atoms with Gasteiger partial charge in [-0.15, -0.1) is 0 Å². The third kappa shape index (κ3) is 3.98. The average Bonchev–Trinajstić information content (AvgIpc) is 2.28. The van der Waals surface area contributed by atoms with Gasteiger partial charge in [-0.1, -0.05) is 41.0 Å². The van der Waals surface area contributed by atoms with Gasteiger partial charge in [0.15, 0.2) is 0 Å². The van der Waals surface area contributed by atoms with Crippen molar-refractivity contribution < 1.29 is 4.79 Å². The first-order valence-corrected chi connectivity index (χ1v) is 7.21. The molecule has 1 rings (SSSR count). The van der Waals surface area contributed by atoms with Crippen molar-refractivity contribution >= 4 is 5.91 Å². The smallest absolute Gasteiger partial charge is 0.224 e. The Morgan fingerprint density at radius 1 is 1.33 bits per heavy atom. The van der Waals surface area contributed by atoms with Gasteiger partial charge >= 0.3 is 0 Å². The maximum atomic E-state index is 12.2. The summed E-state index contributed by atoms with van der Waals surface area (Å²) in [5, 5.41) is 0. The summed E-state index contributed by atoms with van der Waals surface area (Å²) >= 11 is 0. The fourth-order valence-electron chi connectivity index (χ4n) is 2.27. The Balaban J connectivity index is 2.46. The van der Waals surface area contributed by atoms with Crippen LogP contribution in [0.5, 0.6) is 0 Å². The predicted octanol–water partition coefficient (Wildman–Crippen LogP) is 2.79. The maximum Gasteiger partial charge on any atom is 0.224 e. The molecule has 0 saturated carbocycles. The molecule has 1 atom stereocenters. The Labute approximate surface area is 112 Å². The van der Waals surface area contributed by atoms with Crippen molar-refractivity contribution in [2.24, 2.45) is 16.6 Å². The second-order valence-corrected chi connectivity index (χ2v) is 7.22. The number of piperidine rings is 1. The second kappa shape index (κ2) is 5.60. The van der Waals surface area contributed by atoms with Crippen LogP contribution in [0.25, 0.3) is 0 Å². The first-order valence-electron chi connectivity index (χ1n) is 7.21. The van der Waals surface area contributed by atoms with Gasteiger partial charge in [-0.2, -0.15) is 0 Å². The minimum atomic E-state index is -0.0514. The number of hydrogen-bond donors (Lipinski definition) is 1. The minimum Gasteiger partial charge on any atom is -0.343 e. The minimum absolute atomic E-state index is 0.00335. The molecule has 0 aromatic heterocycles. The number of carbonyl (C=O) groups excluding carboxylic acids is 1. The fourth-order valence-corrected chi connectivity index (χ4v) is 2.27. The second-order valence-electron chi connectivity index (χ2n) is 7.22. The van der Waals surface area contributed by atoms with Gasteiger partial charge < -0.3 is 10.6 Å². The molecule has 1 unspecified atom stereocenters. The maximum absolute atomic E-state index is 12.2. The van der Waals surface area contributed by atoms with E-state index in [4.69, 9.17) is 5.73 Å². The van der Waals surface area contributed by atoms with Crippen LogP contribution in [0.3, 0.4) is 0 Å². The van der Waals surface area contributed by atoms with Crippen LogP contribution in [0.15, 0.2) is 0 Å². The quantitative estimate of drug-likeness (QED) is 0.842.